The quantitative estimate of drug-likeness (QED) is 0.264. The Labute approximate surface area is 268 Å². The minimum Gasteiger partial charge on any atom is -0.352 e. The number of para-hydroxylation sites is 1. The average molecular weight is 664 g/mol. The molecule has 1 aliphatic carbocycles. The number of carbonyl (C=O) groups excluding carboxylic acids is 2. The summed E-state index contributed by atoms with van der Waals surface area (Å²) in [6, 6.07) is 18.4. The van der Waals surface area contributed by atoms with Crippen molar-refractivity contribution in [3.05, 3.63) is 99.8 Å². The third kappa shape index (κ3) is 8.29. The summed E-state index contributed by atoms with van der Waals surface area (Å²) in [6.07, 6.45) is 4.89. The van der Waals surface area contributed by atoms with E-state index in [1.165, 1.54) is 37.2 Å². The Bertz CT molecular complexity index is 1530. The molecule has 3 aromatic rings. The molecule has 2 amide bonds. The Kier molecular flexibility index (Phi) is 11.6. The molecule has 0 bridgehead atoms. The van der Waals surface area contributed by atoms with Gasteiger partial charge in [0.15, 0.2) is 0 Å². The van der Waals surface area contributed by atoms with Gasteiger partial charge in [0.1, 0.15) is 18.4 Å². The van der Waals surface area contributed by atoms with Crippen LogP contribution >= 0.6 is 23.2 Å². The van der Waals surface area contributed by atoms with Crippen molar-refractivity contribution in [3.63, 3.8) is 0 Å². The predicted octanol–water partition coefficient (Wildman–Crippen LogP) is 5.83. The van der Waals surface area contributed by atoms with Crippen molar-refractivity contribution >= 4 is 50.9 Å². The van der Waals surface area contributed by atoms with E-state index in [0.717, 1.165) is 48.0 Å². The molecular formula is C32H37Cl2FN4O4S. The average Bonchev–Trinajstić information content (AvgIpc) is 3.00. The molecule has 4 rings (SSSR count). The number of nitrogens with zero attached hydrogens (tertiary/aromatic N) is 3. The van der Waals surface area contributed by atoms with Crippen molar-refractivity contribution in [1.29, 1.82) is 0 Å². The van der Waals surface area contributed by atoms with E-state index in [9.17, 15) is 18.0 Å². The maximum absolute atomic E-state index is 15.0. The third-order valence-corrected chi connectivity index (χ3v) is 10.3. The Balaban J connectivity index is 1.80. The van der Waals surface area contributed by atoms with Gasteiger partial charge < -0.3 is 10.2 Å². The lowest BCUT2D eigenvalue weighted by molar-refractivity contribution is -0.140. The molecule has 44 heavy (non-hydrogen) atoms. The molecule has 0 aromatic heterocycles. The van der Waals surface area contributed by atoms with Gasteiger partial charge in [-0.3, -0.25) is 9.59 Å². The zero-order chi connectivity index (χ0) is 31.9. The molecule has 1 unspecified atom stereocenters. The number of rotatable bonds is 12. The lowest BCUT2D eigenvalue weighted by Gasteiger charge is -2.35. The predicted molar refractivity (Wildman–Crippen MR) is 172 cm³/mol. The first-order valence-electron chi connectivity index (χ1n) is 14.5. The highest BCUT2D eigenvalue weighted by Crippen LogP contribution is 2.29. The lowest BCUT2D eigenvalue weighted by Crippen LogP contribution is -2.55. The van der Waals surface area contributed by atoms with E-state index < -0.39 is 34.5 Å². The van der Waals surface area contributed by atoms with E-state index in [2.05, 4.69) is 5.32 Å². The first-order chi connectivity index (χ1) is 21.0. The highest BCUT2D eigenvalue weighted by atomic mass is 35.5. The molecule has 236 valence electrons. The fourth-order valence-electron chi connectivity index (χ4n) is 5.31. The van der Waals surface area contributed by atoms with Crippen LogP contribution in [-0.4, -0.2) is 62.2 Å². The molecular weight excluding hydrogens is 626 g/mol. The summed E-state index contributed by atoms with van der Waals surface area (Å²) in [5, 5.41) is 3.70. The second kappa shape index (κ2) is 15.2. The van der Waals surface area contributed by atoms with Gasteiger partial charge in [0.05, 0.1) is 5.69 Å². The number of hydrogen-bond donors (Lipinski definition) is 1. The summed E-state index contributed by atoms with van der Waals surface area (Å²) in [7, 11) is -1.74. The van der Waals surface area contributed by atoms with Crippen LogP contribution in [0.4, 0.5) is 10.1 Å². The number of benzene rings is 3. The summed E-state index contributed by atoms with van der Waals surface area (Å²) >= 11 is 13.1. The minimum atomic E-state index is -4.33. The van der Waals surface area contributed by atoms with E-state index in [4.69, 9.17) is 23.2 Å². The molecule has 0 heterocycles. The van der Waals surface area contributed by atoms with Crippen molar-refractivity contribution in [3.8, 4) is 0 Å². The first-order valence-corrected chi connectivity index (χ1v) is 16.7. The summed E-state index contributed by atoms with van der Waals surface area (Å²) < 4.78 is 43.6. The fourth-order valence-corrected chi connectivity index (χ4v) is 6.89. The topological polar surface area (TPSA) is 90.0 Å². The van der Waals surface area contributed by atoms with Crippen LogP contribution in [0.2, 0.25) is 10.0 Å². The van der Waals surface area contributed by atoms with Crippen LogP contribution in [0.25, 0.3) is 0 Å². The van der Waals surface area contributed by atoms with E-state index >= 15 is 4.39 Å². The van der Waals surface area contributed by atoms with Gasteiger partial charge in [-0.1, -0.05) is 91.0 Å². The molecule has 0 aliphatic heterocycles. The van der Waals surface area contributed by atoms with Gasteiger partial charge in [-0.15, -0.1) is 0 Å². The number of anilines is 1. The number of amides is 2. The van der Waals surface area contributed by atoms with Crippen molar-refractivity contribution in [2.45, 2.75) is 57.2 Å². The summed E-state index contributed by atoms with van der Waals surface area (Å²) in [5.41, 5.74) is 0.906. The third-order valence-electron chi connectivity index (χ3n) is 7.75. The minimum absolute atomic E-state index is 0.0422. The van der Waals surface area contributed by atoms with Gasteiger partial charge in [-0.05, 0) is 42.7 Å². The standard InChI is InChI=1S/C32H37Cl2FN4O4S/c1-37(2)44(42,43)39(29-19-10-9-18-28(29)35)22-31(40)38(21-25-26(33)16-11-17-27(25)34)30(20-23-12-5-3-6-13-23)32(41)36-24-14-7-4-8-15-24/h3,5-6,9-13,16-19,24,30H,4,7-8,14-15,20-22H2,1-2H3,(H,36,41). The van der Waals surface area contributed by atoms with E-state index in [-0.39, 0.29) is 40.6 Å². The fraction of sp³-hybridized carbons (Fsp3) is 0.375. The van der Waals surface area contributed by atoms with Gasteiger partial charge in [0.2, 0.25) is 11.8 Å². The Morgan fingerprint density at radius 2 is 1.52 bits per heavy atom. The second-order valence-corrected chi connectivity index (χ2v) is 13.9. The Morgan fingerprint density at radius 1 is 0.909 bits per heavy atom. The Hall–Kier alpha value is -3.18. The zero-order valence-electron chi connectivity index (χ0n) is 24.8. The van der Waals surface area contributed by atoms with Crippen LogP contribution < -0.4 is 9.62 Å². The van der Waals surface area contributed by atoms with Crippen LogP contribution in [0.15, 0.2) is 72.8 Å². The van der Waals surface area contributed by atoms with Crippen molar-refractivity contribution < 1.29 is 22.4 Å². The van der Waals surface area contributed by atoms with Crippen LogP contribution in [0, 0.1) is 5.82 Å². The highest BCUT2D eigenvalue weighted by molar-refractivity contribution is 7.90. The smallest absolute Gasteiger partial charge is 0.304 e. The van der Waals surface area contributed by atoms with Crippen LogP contribution in [0.1, 0.15) is 43.2 Å². The molecule has 0 spiro atoms. The normalized spacial score (nSPS) is 14.7. The summed E-state index contributed by atoms with van der Waals surface area (Å²) in [4.78, 5) is 29.7. The number of hydrogen-bond acceptors (Lipinski definition) is 4. The molecule has 3 aromatic carbocycles. The van der Waals surface area contributed by atoms with E-state index in [0.29, 0.717) is 9.87 Å². The van der Waals surface area contributed by atoms with Crippen molar-refractivity contribution in [1.82, 2.24) is 14.5 Å². The van der Waals surface area contributed by atoms with Gasteiger partial charge in [-0.2, -0.15) is 12.7 Å². The maximum atomic E-state index is 15.0. The lowest BCUT2D eigenvalue weighted by atomic mass is 9.94. The van der Waals surface area contributed by atoms with Crippen LogP contribution in [0.3, 0.4) is 0 Å². The molecule has 0 saturated heterocycles. The first kappa shape index (κ1) is 33.7. The molecule has 12 heteroatoms. The van der Waals surface area contributed by atoms with Gasteiger partial charge >= 0.3 is 10.2 Å². The van der Waals surface area contributed by atoms with E-state index in [1.54, 1.807) is 18.2 Å². The van der Waals surface area contributed by atoms with Crippen LogP contribution in [-0.2, 0) is 32.8 Å². The van der Waals surface area contributed by atoms with Crippen molar-refractivity contribution in [2.75, 3.05) is 24.9 Å². The number of halogens is 3. The monoisotopic (exact) mass is 662 g/mol. The number of carbonyl (C=O) groups is 2. The summed E-state index contributed by atoms with van der Waals surface area (Å²) in [6.45, 7) is -0.953. The molecule has 1 fully saturated rings. The second-order valence-electron chi connectivity index (χ2n) is 11.0. The zero-order valence-corrected chi connectivity index (χ0v) is 27.1. The van der Waals surface area contributed by atoms with E-state index in [1.807, 2.05) is 30.3 Å². The molecule has 8 nitrogen and oxygen atoms in total. The molecule has 1 aliphatic rings. The molecule has 0 radical (unpaired) electrons. The Morgan fingerprint density at radius 3 is 2.14 bits per heavy atom. The van der Waals surface area contributed by atoms with Gasteiger partial charge in [0.25, 0.3) is 0 Å². The maximum Gasteiger partial charge on any atom is 0.304 e. The number of nitrogens with one attached hydrogen (secondary N) is 1. The van der Waals surface area contributed by atoms with Crippen molar-refractivity contribution in [2.24, 2.45) is 0 Å². The molecule has 1 atom stereocenters. The summed E-state index contributed by atoms with van der Waals surface area (Å²) in [5.74, 6) is -1.91. The highest BCUT2D eigenvalue weighted by Gasteiger charge is 2.36. The van der Waals surface area contributed by atoms with Gasteiger partial charge in [0, 0.05) is 48.7 Å². The van der Waals surface area contributed by atoms with Crippen LogP contribution in [0.5, 0.6) is 0 Å². The molecule has 1 N–H and O–H groups in total. The van der Waals surface area contributed by atoms with Gasteiger partial charge in [-0.25, -0.2) is 8.70 Å². The molecule has 1 saturated carbocycles. The SMILES string of the molecule is CN(C)S(=O)(=O)N(CC(=O)N(Cc1c(Cl)cccc1Cl)C(Cc1ccccc1)C(=O)NC1CCCCC1)c1ccccc1F. The largest absolute Gasteiger partial charge is 0.352 e.